The number of aryl methyl sites for hydroxylation is 2. The van der Waals surface area contributed by atoms with Gasteiger partial charge in [0.15, 0.2) is 0 Å². The summed E-state index contributed by atoms with van der Waals surface area (Å²) in [7, 11) is 0.423. The van der Waals surface area contributed by atoms with Gasteiger partial charge < -0.3 is 5.50 Å². The molecule has 0 saturated heterocycles. The minimum absolute atomic E-state index is 0.423. The molecule has 0 bridgehead atoms. The highest BCUT2D eigenvalue weighted by Crippen LogP contribution is 2.07. The zero-order valence-electron chi connectivity index (χ0n) is 6.31. The molecule has 2 N–H and O–H groups in total. The maximum Gasteiger partial charge on any atom is -0.0124 e. The highest BCUT2D eigenvalue weighted by molar-refractivity contribution is 7.44. The predicted molar refractivity (Wildman–Crippen MR) is 48.1 cm³/mol. The van der Waals surface area contributed by atoms with Crippen LogP contribution in [0.25, 0.3) is 0 Å². The molecule has 0 aliphatic heterocycles. The van der Waals surface area contributed by atoms with E-state index in [2.05, 4.69) is 32.0 Å². The largest absolute Gasteiger partial charge is 0.308 e. The molecule has 1 aromatic rings. The van der Waals surface area contributed by atoms with Crippen molar-refractivity contribution in [2.75, 3.05) is 0 Å². The number of rotatable bonds is 1. The Hall–Kier alpha value is -0.390. The van der Waals surface area contributed by atoms with Gasteiger partial charge in [0.2, 0.25) is 0 Å². The first-order valence-corrected chi connectivity index (χ1v) is 4.35. The molecule has 0 fully saturated rings. The van der Waals surface area contributed by atoms with Crippen LogP contribution in [0.1, 0.15) is 11.1 Å². The van der Waals surface area contributed by atoms with E-state index in [-0.39, 0.29) is 0 Å². The second-order valence-corrected chi connectivity index (χ2v) is 3.31. The normalized spacial score (nSPS) is 11.1. The van der Waals surface area contributed by atoms with Gasteiger partial charge in [-0.15, -0.1) is 0 Å². The lowest BCUT2D eigenvalue weighted by molar-refractivity contribution is 1.35. The molecule has 0 amide bonds. The van der Waals surface area contributed by atoms with Crippen molar-refractivity contribution in [3.63, 3.8) is 0 Å². The Morgan fingerprint density at radius 1 is 1.20 bits per heavy atom. The van der Waals surface area contributed by atoms with Crippen LogP contribution in [0, 0.1) is 13.8 Å². The van der Waals surface area contributed by atoms with E-state index >= 15 is 0 Å². The summed E-state index contributed by atoms with van der Waals surface area (Å²) in [4.78, 5) is 0. The van der Waals surface area contributed by atoms with Crippen molar-refractivity contribution in [3.8, 4) is 0 Å². The number of hydrogen-bond acceptors (Lipinski definition) is 1. The molecule has 0 spiro atoms. The fraction of sp³-hybridized carbons (Fsp3) is 0.250. The molecule has 0 aromatic heterocycles. The van der Waals surface area contributed by atoms with E-state index in [1.165, 1.54) is 16.4 Å². The third-order valence-electron chi connectivity index (χ3n) is 1.67. The van der Waals surface area contributed by atoms with E-state index in [4.69, 9.17) is 5.50 Å². The van der Waals surface area contributed by atoms with E-state index in [0.717, 1.165) is 0 Å². The minimum Gasteiger partial charge on any atom is -0.308 e. The van der Waals surface area contributed by atoms with Gasteiger partial charge in [-0.25, -0.2) is 0 Å². The summed E-state index contributed by atoms with van der Waals surface area (Å²) in [6.07, 6.45) is 0. The molecule has 0 heterocycles. The van der Waals surface area contributed by atoms with Crippen LogP contribution in [0.15, 0.2) is 18.2 Å². The SMILES string of the molecule is Cc1ccc(PN)cc1C. The molecule has 0 radical (unpaired) electrons. The molecule has 1 unspecified atom stereocenters. The van der Waals surface area contributed by atoms with Crippen LogP contribution in [-0.2, 0) is 0 Å². The summed E-state index contributed by atoms with van der Waals surface area (Å²) in [5, 5.41) is 1.24. The van der Waals surface area contributed by atoms with Crippen LogP contribution in [0.2, 0.25) is 0 Å². The van der Waals surface area contributed by atoms with Gasteiger partial charge in [0, 0.05) is 0 Å². The highest BCUT2D eigenvalue weighted by Gasteiger charge is 1.92. The molecule has 54 valence electrons. The first-order valence-electron chi connectivity index (χ1n) is 3.28. The van der Waals surface area contributed by atoms with Gasteiger partial charge in [-0.1, -0.05) is 18.2 Å². The predicted octanol–water partition coefficient (Wildman–Crippen LogP) is 1.48. The van der Waals surface area contributed by atoms with Crippen molar-refractivity contribution in [1.29, 1.82) is 0 Å². The molecule has 1 atom stereocenters. The van der Waals surface area contributed by atoms with E-state index in [1.54, 1.807) is 0 Å². The molecule has 0 aliphatic carbocycles. The van der Waals surface area contributed by atoms with Crippen LogP contribution in [0.4, 0.5) is 0 Å². The third kappa shape index (κ3) is 1.56. The summed E-state index contributed by atoms with van der Waals surface area (Å²) in [5.41, 5.74) is 8.16. The maximum absolute atomic E-state index is 5.50. The van der Waals surface area contributed by atoms with Gasteiger partial charge in [-0.3, -0.25) is 0 Å². The number of nitrogens with two attached hydrogens (primary N) is 1. The molecule has 1 aromatic carbocycles. The Balaban J connectivity index is 3.04. The quantitative estimate of drug-likeness (QED) is 0.607. The molecule has 0 aliphatic rings. The summed E-state index contributed by atoms with van der Waals surface area (Å²) in [6.45, 7) is 4.22. The Labute approximate surface area is 63.5 Å². The average Bonchev–Trinajstić information content (AvgIpc) is 1.95. The zero-order valence-corrected chi connectivity index (χ0v) is 7.31. The van der Waals surface area contributed by atoms with Crippen molar-refractivity contribution >= 4 is 14.0 Å². The summed E-state index contributed by atoms with van der Waals surface area (Å²) >= 11 is 0. The average molecular weight is 153 g/mol. The fourth-order valence-electron chi connectivity index (χ4n) is 0.831. The topological polar surface area (TPSA) is 26.0 Å². The van der Waals surface area contributed by atoms with Crippen molar-refractivity contribution in [2.24, 2.45) is 5.50 Å². The summed E-state index contributed by atoms with van der Waals surface area (Å²) in [5.74, 6) is 0. The Morgan fingerprint density at radius 3 is 2.40 bits per heavy atom. The molecular formula is C8H12NP. The van der Waals surface area contributed by atoms with Crippen LogP contribution in [0.5, 0.6) is 0 Å². The van der Waals surface area contributed by atoms with Crippen molar-refractivity contribution in [2.45, 2.75) is 13.8 Å². The Kier molecular flexibility index (Phi) is 2.42. The lowest BCUT2D eigenvalue weighted by atomic mass is 10.1. The zero-order chi connectivity index (χ0) is 7.56. The van der Waals surface area contributed by atoms with Crippen LogP contribution in [-0.4, -0.2) is 0 Å². The van der Waals surface area contributed by atoms with Gasteiger partial charge in [0.05, 0.1) is 0 Å². The van der Waals surface area contributed by atoms with Crippen LogP contribution in [0.3, 0.4) is 0 Å². The van der Waals surface area contributed by atoms with Gasteiger partial charge >= 0.3 is 0 Å². The lowest BCUT2D eigenvalue weighted by Gasteiger charge is -2.00. The van der Waals surface area contributed by atoms with Crippen molar-refractivity contribution in [3.05, 3.63) is 29.3 Å². The number of hydrogen-bond donors (Lipinski definition) is 1. The lowest BCUT2D eigenvalue weighted by Crippen LogP contribution is -1.98. The standard InChI is InChI=1S/C8H12NP/c1-6-3-4-8(10-9)5-7(6)2/h3-5,10H,9H2,1-2H3. The second-order valence-electron chi connectivity index (χ2n) is 2.44. The Morgan fingerprint density at radius 2 is 1.90 bits per heavy atom. The molecule has 0 saturated carbocycles. The van der Waals surface area contributed by atoms with E-state index in [9.17, 15) is 0 Å². The molecule has 10 heavy (non-hydrogen) atoms. The summed E-state index contributed by atoms with van der Waals surface area (Å²) in [6, 6.07) is 6.35. The van der Waals surface area contributed by atoms with E-state index in [0.29, 0.717) is 8.73 Å². The van der Waals surface area contributed by atoms with Gasteiger partial charge in [0.1, 0.15) is 0 Å². The van der Waals surface area contributed by atoms with Crippen LogP contribution < -0.4 is 10.8 Å². The highest BCUT2D eigenvalue weighted by atomic mass is 31.1. The molecule has 2 heteroatoms. The van der Waals surface area contributed by atoms with Gasteiger partial charge in [0.25, 0.3) is 0 Å². The summed E-state index contributed by atoms with van der Waals surface area (Å²) < 4.78 is 0. The third-order valence-corrected chi connectivity index (χ3v) is 2.32. The van der Waals surface area contributed by atoms with Crippen LogP contribution >= 0.6 is 8.73 Å². The van der Waals surface area contributed by atoms with Gasteiger partial charge in [-0.05, 0) is 39.0 Å². The van der Waals surface area contributed by atoms with E-state index in [1.807, 2.05) is 0 Å². The second kappa shape index (κ2) is 3.14. The molecule has 1 rings (SSSR count). The monoisotopic (exact) mass is 153 g/mol. The first kappa shape index (κ1) is 7.71. The van der Waals surface area contributed by atoms with Gasteiger partial charge in [-0.2, -0.15) is 0 Å². The maximum atomic E-state index is 5.50. The van der Waals surface area contributed by atoms with Crippen molar-refractivity contribution in [1.82, 2.24) is 0 Å². The molecule has 1 nitrogen and oxygen atoms in total. The minimum atomic E-state index is 0.423. The smallest absolute Gasteiger partial charge is 0.0124 e. The fourth-order valence-corrected chi connectivity index (χ4v) is 1.31. The van der Waals surface area contributed by atoms with Crippen molar-refractivity contribution < 1.29 is 0 Å². The molecular weight excluding hydrogens is 141 g/mol. The first-order chi connectivity index (χ1) is 4.74. The number of benzene rings is 1. The Bertz CT molecular complexity index is 233. The van der Waals surface area contributed by atoms with E-state index < -0.39 is 0 Å².